The van der Waals surface area contributed by atoms with Crippen LogP contribution in [0.3, 0.4) is 0 Å². The van der Waals surface area contributed by atoms with Crippen molar-refractivity contribution in [3.05, 3.63) is 17.8 Å². The number of hydrogen-bond donors (Lipinski definition) is 2. The maximum atomic E-state index is 5.70. The average molecular weight is 235 g/mol. The molecule has 3 nitrogen and oxygen atoms in total. The Bertz CT molecular complexity index is 389. The summed E-state index contributed by atoms with van der Waals surface area (Å²) in [4.78, 5) is 4.36. The van der Waals surface area contributed by atoms with Gasteiger partial charge in [0.25, 0.3) is 0 Å². The van der Waals surface area contributed by atoms with Crippen LogP contribution in [0.2, 0.25) is 0 Å². The summed E-state index contributed by atoms with van der Waals surface area (Å²) in [5.41, 5.74) is 7.81. The highest BCUT2D eigenvalue weighted by molar-refractivity contribution is 5.51. The quantitative estimate of drug-likeness (QED) is 0.841. The number of hydrogen-bond acceptors (Lipinski definition) is 3. The SMILES string of the molecule is Cc1cc(N)cnc1NC(C)(C)CC(C)(C)C. The van der Waals surface area contributed by atoms with Crippen molar-refractivity contribution < 1.29 is 0 Å². The van der Waals surface area contributed by atoms with Gasteiger partial charge in [-0.3, -0.25) is 0 Å². The Balaban J connectivity index is 2.83. The molecular formula is C14H25N3. The van der Waals surface area contributed by atoms with Gasteiger partial charge in [0, 0.05) is 5.54 Å². The fourth-order valence-corrected chi connectivity index (χ4v) is 2.42. The number of nitrogens with one attached hydrogen (secondary N) is 1. The van der Waals surface area contributed by atoms with Gasteiger partial charge in [-0.15, -0.1) is 0 Å². The van der Waals surface area contributed by atoms with E-state index in [2.05, 4.69) is 44.9 Å². The lowest BCUT2D eigenvalue weighted by atomic mass is 9.82. The molecule has 0 atom stereocenters. The van der Waals surface area contributed by atoms with Crippen LogP contribution in [0.15, 0.2) is 12.3 Å². The Labute approximate surface area is 105 Å². The summed E-state index contributed by atoms with van der Waals surface area (Å²) in [7, 11) is 0. The van der Waals surface area contributed by atoms with Crippen molar-refractivity contribution in [2.75, 3.05) is 11.1 Å². The molecule has 0 unspecified atom stereocenters. The first-order chi connectivity index (χ1) is 7.59. The van der Waals surface area contributed by atoms with Crippen LogP contribution in [-0.2, 0) is 0 Å². The molecule has 0 aliphatic rings. The van der Waals surface area contributed by atoms with E-state index in [1.807, 2.05) is 13.0 Å². The molecular weight excluding hydrogens is 210 g/mol. The molecule has 1 rings (SSSR count). The van der Waals surface area contributed by atoms with Gasteiger partial charge in [0.15, 0.2) is 0 Å². The molecule has 3 heteroatoms. The molecule has 0 amide bonds. The van der Waals surface area contributed by atoms with Crippen LogP contribution in [0.5, 0.6) is 0 Å². The van der Waals surface area contributed by atoms with E-state index < -0.39 is 0 Å². The average Bonchev–Trinajstić information content (AvgIpc) is 2.05. The number of pyridine rings is 1. The van der Waals surface area contributed by atoms with Crippen LogP contribution in [-0.4, -0.2) is 10.5 Å². The number of nitrogen functional groups attached to an aromatic ring is 1. The molecule has 1 aromatic heterocycles. The van der Waals surface area contributed by atoms with Gasteiger partial charge in [-0.2, -0.15) is 0 Å². The van der Waals surface area contributed by atoms with E-state index in [-0.39, 0.29) is 11.0 Å². The number of aryl methyl sites for hydroxylation is 1. The van der Waals surface area contributed by atoms with Crippen LogP contribution in [0.1, 0.15) is 46.6 Å². The van der Waals surface area contributed by atoms with Gasteiger partial charge in [-0.1, -0.05) is 20.8 Å². The largest absolute Gasteiger partial charge is 0.397 e. The third-order valence-electron chi connectivity index (χ3n) is 2.53. The molecule has 96 valence electrons. The molecule has 0 aliphatic heterocycles. The molecule has 0 fully saturated rings. The third kappa shape index (κ3) is 4.63. The summed E-state index contributed by atoms with van der Waals surface area (Å²) in [5, 5.41) is 3.50. The molecule has 3 N–H and O–H groups in total. The first kappa shape index (κ1) is 13.8. The first-order valence-electron chi connectivity index (χ1n) is 6.09. The summed E-state index contributed by atoms with van der Waals surface area (Å²) in [6.07, 6.45) is 2.77. The van der Waals surface area contributed by atoms with Gasteiger partial charge in [-0.05, 0) is 44.2 Å². The van der Waals surface area contributed by atoms with Crippen molar-refractivity contribution >= 4 is 11.5 Å². The third-order valence-corrected chi connectivity index (χ3v) is 2.53. The lowest BCUT2D eigenvalue weighted by molar-refractivity contribution is 0.302. The van der Waals surface area contributed by atoms with E-state index in [1.165, 1.54) is 0 Å². The summed E-state index contributed by atoms with van der Waals surface area (Å²) in [5.74, 6) is 0.924. The second-order valence-corrected chi connectivity index (χ2v) is 6.68. The molecule has 1 heterocycles. The normalized spacial score (nSPS) is 12.6. The van der Waals surface area contributed by atoms with Crippen molar-refractivity contribution in [1.29, 1.82) is 0 Å². The zero-order chi connectivity index (χ0) is 13.3. The Hall–Kier alpha value is -1.25. The second kappa shape index (κ2) is 4.55. The second-order valence-electron chi connectivity index (χ2n) is 6.68. The van der Waals surface area contributed by atoms with Gasteiger partial charge in [0.1, 0.15) is 5.82 Å². The van der Waals surface area contributed by atoms with E-state index >= 15 is 0 Å². The lowest BCUT2D eigenvalue weighted by Crippen LogP contribution is -2.36. The standard InChI is InChI=1S/C14H25N3/c1-10-7-11(15)8-16-12(10)17-14(5,6)9-13(2,3)4/h7-8H,9,15H2,1-6H3,(H,16,17). The monoisotopic (exact) mass is 235 g/mol. The van der Waals surface area contributed by atoms with E-state index in [0.29, 0.717) is 5.69 Å². The highest BCUT2D eigenvalue weighted by Crippen LogP contribution is 2.30. The fraction of sp³-hybridized carbons (Fsp3) is 0.643. The molecule has 0 spiro atoms. The topological polar surface area (TPSA) is 50.9 Å². The van der Waals surface area contributed by atoms with Crippen LogP contribution in [0, 0.1) is 12.3 Å². The fourth-order valence-electron chi connectivity index (χ4n) is 2.42. The minimum atomic E-state index is 0.0200. The minimum absolute atomic E-state index is 0.0200. The Morgan fingerprint density at radius 2 is 1.82 bits per heavy atom. The number of rotatable bonds is 3. The molecule has 0 aliphatic carbocycles. The summed E-state index contributed by atoms with van der Waals surface area (Å²) in [6.45, 7) is 13.2. The van der Waals surface area contributed by atoms with Gasteiger partial charge in [0.05, 0.1) is 11.9 Å². The molecule has 17 heavy (non-hydrogen) atoms. The van der Waals surface area contributed by atoms with Crippen molar-refractivity contribution in [3.8, 4) is 0 Å². The molecule has 0 saturated carbocycles. The van der Waals surface area contributed by atoms with Crippen LogP contribution >= 0.6 is 0 Å². The molecule has 0 aromatic carbocycles. The minimum Gasteiger partial charge on any atom is -0.397 e. The zero-order valence-electron chi connectivity index (χ0n) is 11.9. The predicted octanol–water partition coefficient (Wildman–Crippen LogP) is 3.60. The predicted molar refractivity (Wildman–Crippen MR) is 75.2 cm³/mol. The van der Waals surface area contributed by atoms with Crippen molar-refractivity contribution in [1.82, 2.24) is 4.98 Å². The highest BCUT2D eigenvalue weighted by atomic mass is 15.0. The van der Waals surface area contributed by atoms with E-state index in [9.17, 15) is 0 Å². The highest BCUT2D eigenvalue weighted by Gasteiger charge is 2.25. The Morgan fingerprint density at radius 1 is 1.24 bits per heavy atom. The molecule has 1 aromatic rings. The zero-order valence-corrected chi connectivity index (χ0v) is 11.9. The molecule has 0 radical (unpaired) electrons. The first-order valence-corrected chi connectivity index (χ1v) is 6.09. The van der Waals surface area contributed by atoms with Gasteiger partial charge < -0.3 is 11.1 Å². The number of anilines is 2. The Morgan fingerprint density at radius 3 is 2.29 bits per heavy atom. The van der Waals surface area contributed by atoms with Crippen LogP contribution < -0.4 is 11.1 Å². The summed E-state index contributed by atoms with van der Waals surface area (Å²) < 4.78 is 0. The van der Waals surface area contributed by atoms with Crippen molar-refractivity contribution in [2.24, 2.45) is 5.41 Å². The maximum Gasteiger partial charge on any atom is 0.129 e. The smallest absolute Gasteiger partial charge is 0.129 e. The van der Waals surface area contributed by atoms with E-state index in [4.69, 9.17) is 5.73 Å². The van der Waals surface area contributed by atoms with E-state index in [0.717, 1.165) is 17.8 Å². The molecule has 0 bridgehead atoms. The summed E-state index contributed by atoms with van der Waals surface area (Å²) in [6, 6.07) is 1.95. The van der Waals surface area contributed by atoms with Crippen molar-refractivity contribution in [2.45, 2.75) is 53.5 Å². The van der Waals surface area contributed by atoms with E-state index in [1.54, 1.807) is 6.20 Å². The number of nitrogens with zero attached hydrogens (tertiary/aromatic N) is 1. The lowest BCUT2D eigenvalue weighted by Gasteiger charge is -2.34. The number of nitrogens with two attached hydrogens (primary N) is 1. The summed E-state index contributed by atoms with van der Waals surface area (Å²) >= 11 is 0. The van der Waals surface area contributed by atoms with Crippen LogP contribution in [0.25, 0.3) is 0 Å². The van der Waals surface area contributed by atoms with Gasteiger partial charge >= 0.3 is 0 Å². The van der Waals surface area contributed by atoms with Crippen LogP contribution in [0.4, 0.5) is 11.5 Å². The maximum absolute atomic E-state index is 5.70. The van der Waals surface area contributed by atoms with Gasteiger partial charge in [0.2, 0.25) is 0 Å². The van der Waals surface area contributed by atoms with Crippen molar-refractivity contribution in [3.63, 3.8) is 0 Å². The van der Waals surface area contributed by atoms with Gasteiger partial charge in [-0.25, -0.2) is 4.98 Å². The molecule has 0 saturated heterocycles. The number of aromatic nitrogens is 1. The Kier molecular flexibility index (Phi) is 3.70.